The van der Waals surface area contributed by atoms with E-state index in [1.807, 2.05) is 4.90 Å². The quantitative estimate of drug-likeness (QED) is 0.293. The van der Waals surface area contributed by atoms with E-state index < -0.39 is 17.9 Å². The molecule has 0 aliphatic rings. The molecule has 0 aliphatic carbocycles. The van der Waals surface area contributed by atoms with Crippen molar-refractivity contribution in [1.29, 1.82) is 0 Å². The summed E-state index contributed by atoms with van der Waals surface area (Å²) < 4.78 is 0. The van der Waals surface area contributed by atoms with Crippen molar-refractivity contribution in [2.24, 2.45) is 0 Å². The summed E-state index contributed by atoms with van der Waals surface area (Å²) in [5, 5.41) is 31.2. The molecule has 0 amide bonds. The number of carboxylic acid groups (broad SMARTS) is 3. The van der Waals surface area contributed by atoms with Gasteiger partial charge >= 0.3 is 88.7 Å². The summed E-state index contributed by atoms with van der Waals surface area (Å²) in [6.07, 6.45) is 0.306. The van der Waals surface area contributed by atoms with Crippen molar-refractivity contribution in [3.8, 4) is 0 Å². The molecule has 0 atom stereocenters. The molecule has 0 saturated heterocycles. The number of hydrogen-bond donors (Lipinski definition) is 0. The smallest absolute Gasteiger partial charge is 0.550 e. The number of aliphatic carboxylic acids is 3. The molecule has 0 saturated carbocycles. The van der Waals surface area contributed by atoms with Crippen LogP contribution in [0.25, 0.3) is 0 Å². The Hall–Kier alpha value is 1.33. The van der Waals surface area contributed by atoms with Gasteiger partial charge < -0.3 is 39.5 Å². The molecule has 0 aromatic carbocycles. The Balaban J connectivity index is -0.000000667. The third kappa shape index (κ3) is 23.3. The Morgan fingerprint density at radius 1 is 0.667 bits per heavy atom. The van der Waals surface area contributed by atoms with Crippen LogP contribution in [0, 0.1) is 0 Å². The molecule has 24 heavy (non-hydrogen) atoms. The molecule has 0 unspecified atom stereocenters. The third-order valence-corrected chi connectivity index (χ3v) is 2.98. The maximum atomic E-state index is 10.4. The first-order valence-electron chi connectivity index (χ1n) is 6.81. The predicted octanol–water partition coefficient (Wildman–Crippen LogP) is -13.0. The maximum absolute atomic E-state index is 10.4. The van der Waals surface area contributed by atoms with E-state index in [1.165, 1.54) is 0 Å². The van der Waals surface area contributed by atoms with Crippen molar-refractivity contribution in [2.45, 2.75) is 25.7 Å². The standard InChI is InChI=1S/C13H24N2O6.3Na/c1-14(8-3-11(16)17)6-2-7-15(9-4-12(18)19)10-5-13(20)21;;;/h2-10H2,1H3,(H,16,17)(H,18,19)(H,20,21);;;/q;3*+1/p-3. The van der Waals surface area contributed by atoms with Crippen LogP contribution in [-0.4, -0.2) is 67.5 Å². The van der Waals surface area contributed by atoms with Crippen LogP contribution in [0.2, 0.25) is 0 Å². The zero-order valence-corrected chi connectivity index (χ0v) is 21.2. The molecular formula is C13H21N2Na3O6. The van der Waals surface area contributed by atoms with Crippen molar-refractivity contribution in [1.82, 2.24) is 9.80 Å². The summed E-state index contributed by atoms with van der Waals surface area (Å²) in [4.78, 5) is 34.7. The Labute approximate surface area is 209 Å². The largest absolute Gasteiger partial charge is 1.00 e. The number of rotatable bonds is 13. The normalized spacial score (nSPS) is 9.62. The molecule has 8 nitrogen and oxygen atoms in total. The van der Waals surface area contributed by atoms with Crippen LogP contribution in [0.15, 0.2) is 0 Å². The summed E-state index contributed by atoms with van der Waals surface area (Å²) in [6, 6.07) is 0. The second-order valence-electron chi connectivity index (χ2n) is 4.86. The van der Waals surface area contributed by atoms with Gasteiger partial charge in [0.05, 0.1) is 0 Å². The fraction of sp³-hybridized carbons (Fsp3) is 0.769. The molecule has 11 heteroatoms. The molecule has 0 spiro atoms. The summed E-state index contributed by atoms with van der Waals surface area (Å²) in [5.74, 6) is -3.47. The van der Waals surface area contributed by atoms with Crippen LogP contribution in [0.3, 0.4) is 0 Å². The van der Waals surface area contributed by atoms with Gasteiger partial charge in [0.2, 0.25) is 0 Å². The van der Waals surface area contributed by atoms with Gasteiger partial charge in [0.1, 0.15) is 0 Å². The van der Waals surface area contributed by atoms with Crippen LogP contribution in [0.4, 0.5) is 0 Å². The minimum absolute atomic E-state index is 0. The van der Waals surface area contributed by atoms with E-state index in [9.17, 15) is 29.7 Å². The Bertz CT molecular complexity index is 343. The first-order valence-corrected chi connectivity index (χ1v) is 6.81. The first-order chi connectivity index (χ1) is 9.81. The van der Waals surface area contributed by atoms with Gasteiger partial charge in [-0.15, -0.1) is 0 Å². The van der Waals surface area contributed by atoms with Crippen molar-refractivity contribution >= 4 is 17.9 Å². The minimum Gasteiger partial charge on any atom is -0.550 e. The predicted molar refractivity (Wildman–Crippen MR) is 67.4 cm³/mol. The Morgan fingerprint density at radius 3 is 1.42 bits per heavy atom. The fourth-order valence-electron chi connectivity index (χ4n) is 1.79. The molecule has 0 aliphatic heterocycles. The second kappa shape index (κ2) is 20.6. The topological polar surface area (TPSA) is 127 Å². The number of hydrogen-bond acceptors (Lipinski definition) is 8. The van der Waals surface area contributed by atoms with E-state index in [0.717, 1.165) is 0 Å². The summed E-state index contributed by atoms with van der Waals surface area (Å²) in [6.45, 7) is 1.97. The number of carbonyl (C=O) groups is 3. The van der Waals surface area contributed by atoms with Crippen LogP contribution < -0.4 is 104 Å². The number of nitrogens with zero attached hydrogens (tertiary/aromatic N) is 2. The second-order valence-corrected chi connectivity index (χ2v) is 4.86. The molecule has 122 valence electrons. The molecule has 0 bridgehead atoms. The molecule has 0 fully saturated rings. The van der Waals surface area contributed by atoms with Crippen LogP contribution in [-0.2, 0) is 14.4 Å². The zero-order valence-electron chi connectivity index (χ0n) is 15.2. The van der Waals surface area contributed by atoms with E-state index in [2.05, 4.69) is 0 Å². The summed E-state index contributed by atoms with van der Waals surface area (Å²) in [5.41, 5.74) is 0. The van der Waals surface area contributed by atoms with E-state index >= 15 is 0 Å². The summed E-state index contributed by atoms with van der Waals surface area (Å²) in [7, 11) is 1.77. The molecule has 0 rings (SSSR count). The van der Waals surface area contributed by atoms with Crippen molar-refractivity contribution in [3.05, 3.63) is 0 Å². The molecule has 0 heterocycles. The minimum atomic E-state index is -1.18. The average molecular weight is 370 g/mol. The van der Waals surface area contributed by atoms with E-state index in [-0.39, 0.29) is 121 Å². The third-order valence-electron chi connectivity index (χ3n) is 2.98. The van der Waals surface area contributed by atoms with Gasteiger partial charge in [-0.3, -0.25) is 0 Å². The summed E-state index contributed by atoms with van der Waals surface area (Å²) >= 11 is 0. The number of carbonyl (C=O) groups excluding carboxylic acids is 3. The van der Waals surface area contributed by atoms with Gasteiger partial charge in [0.25, 0.3) is 0 Å². The van der Waals surface area contributed by atoms with Gasteiger partial charge in [0.15, 0.2) is 0 Å². The SMILES string of the molecule is CN(CCCN(CCC(=O)[O-])CCC(=O)[O-])CCC(=O)[O-].[Na+].[Na+].[Na+]. The van der Waals surface area contributed by atoms with Gasteiger partial charge in [-0.05, 0) is 45.8 Å². The fourth-order valence-corrected chi connectivity index (χ4v) is 1.79. The Kier molecular flexibility index (Phi) is 28.3. The monoisotopic (exact) mass is 370 g/mol. The molecule has 0 aromatic heterocycles. The number of carboxylic acids is 3. The molecule has 0 radical (unpaired) electrons. The van der Waals surface area contributed by atoms with Crippen LogP contribution >= 0.6 is 0 Å². The van der Waals surface area contributed by atoms with Crippen molar-refractivity contribution < 1.29 is 118 Å². The van der Waals surface area contributed by atoms with E-state index in [4.69, 9.17) is 0 Å². The van der Waals surface area contributed by atoms with Crippen LogP contribution in [0.1, 0.15) is 25.7 Å². The van der Waals surface area contributed by atoms with Crippen LogP contribution in [0.5, 0.6) is 0 Å². The maximum Gasteiger partial charge on any atom is 1.00 e. The average Bonchev–Trinajstić information content (AvgIpc) is 2.38. The van der Waals surface area contributed by atoms with Crippen molar-refractivity contribution in [2.75, 3.05) is 39.8 Å². The van der Waals surface area contributed by atoms with Gasteiger partial charge in [-0.25, -0.2) is 0 Å². The van der Waals surface area contributed by atoms with Gasteiger partial charge in [0, 0.05) is 37.5 Å². The van der Waals surface area contributed by atoms with Gasteiger partial charge in [-0.2, -0.15) is 0 Å². The Morgan fingerprint density at radius 2 is 1.04 bits per heavy atom. The van der Waals surface area contributed by atoms with E-state index in [0.29, 0.717) is 26.1 Å². The first kappa shape index (κ1) is 33.0. The molecular weight excluding hydrogens is 349 g/mol. The molecule has 0 aromatic rings. The zero-order chi connectivity index (χ0) is 16.3. The molecule has 0 N–H and O–H groups in total. The van der Waals surface area contributed by atoms with Gasteiger partial charge in [-0.1, -0.05) is 0 Å². The van der Waals surface area contributed by atoms with E-state index in [1.54, 1.807) is 11.9 Å². The van der Waals surface area contributed by atoms with Crippen molar-refractivity contribution in [3.63, 3.8) is 0 Å².